The fraction of sp³-hybridized carbons (Fsp3) is 0.214. The molecule has 0 saturated heterocycles. The van der Waals surface area contributed by atoms with Gasteiger partial charge in [-0.05, 0) is 17.5 Å². The van der Waals surface area contributed by atoms with Crippen LogP contribution in [0.1, 0.15) is 22.6 Å². The maximum atomic E-state index is 12.1. The minimum atomic E-state index is 0.116. The molecule has 4 nitrogen and oxygen atoms in total. The molecule has 0 radical (unpaired) electrons. The SMILES string of the molecule is Cn1ccnc1CCC(=O)c1cnc2ccsc2c1. The van der Waals surface area contributed by atoms with Gasteiger partial charge in [0.1, 0.15) is 5.82 Å². The Bertz CT molecular complexity index is 729. The monoisotopic (exact) mass is 271 g/mol. The molecule has 0 N–H and O–H groups in total. The van der Waals surface area contributed by atoms with Crippen LogP contribution in [-0.4, -0.2) is 20.3 Å². The lowest BCUT2D eigenvalue weighted by atomic mass is 10.1. The summed E-state index contributed by atoms with van der Waals surface area (Å²) in [7, 11) is 1.94. The highest BCUT2D eigenvalue weighted by atomic mass is 32.1. The van der Waals surface area contributed by atoms with Gasteiger partial charge in [0.15, 0.2) is 5.78 Å². The Labute approximate surface area is 114 Å². The molecule has 0 aliphatic carbocycles. The lowest BCUT2D eigenvalue weighted by Gasteiger charge is -2.02. The first kappa shape index (κ1) is 12.0. The second kappa shape index (κ2) is 4.93. The Morgan fingerprint density at radius 2 is 2.32 bits per heavy atom. The number of ketones is 1. The standard InChI is InChI=1S/C14H13N3OS/c1-17-6-5-15-14(17)3-2-12(18)10-8-13-11(16-9-10)4-7-19-13/h4-9H,2-3H2,1H3. The van der Waals surface area contributed by atoms with Gasteiger partial charge in [-0.1, -0.05) is 0 Å². The summed E-state index contributed by atoms with van der Waals surface area (Å²) in [5.74, 6) is 1.05. The fourth-order valence-electron chi connectivity index (χ4n) is 2.01. The molecular weight excluding hydrogens is 258 g/mol. The van der Waals surface area contributed by atoms with Gasteiger partial charge in [0.05, 0.1) is 10.2 Å². The normalized spacial score (nSPS) is 11.0. The highest BCUT2D eigenvalue weighted by Gasteiger charge is 2.10. The van der Waals surface area contributed by atoms with Crippen LogP contribution in [0, 0.1) is 0 Å². The number of aryl methyl sites for hydroxylation is 2. The molecule has 0 bridgehead atoms. The van der Waals surface area contributed by atoms with Crippen LogP contribution in [0.15, 0.2) is 36.1 Å². The van der Waals surface area contributed by atoms with Crippen LogP contribution in [0.3, 0.4) is 0 Å². The molecule has 19 heavy (non-hydrogen) atoms. The fourth-order valence-corrected chi connectivity index (χ4v) is 2.79. The molecule has 0 fully saturated rings. The van der Waals surface area contributed by atoms with Crippen molar-refractivity contribution in [2.75, 3.05) is 0 Å². The number of fused-ring (bicyclic) bond motifs is 1. The summed E-state index contributed by atoms with van der Waals surface area (Å²) in [5, 5.41) is 1.99. The zero-order chi connectivity index (χ0) is 13.2. The van der Waals surface area contributed by atoms with Gasteiger partial charge in [-0.25, -0.2) is 4.98 Å². The lowest BCUT2D eigenvalue weighted by Crippen LogP contribution is -2.05. The summed E-state index contributed by atoms with van der Waals surface area (Å²) in [6, 6.07) is 3.88. The number of hydrogen-bond acceptors (Lipinski definition) is 4. The topological polar surface area (TPSA) is 47.8 Å². The van der Waals surface area contributed by atoms with Gasteiger partial charge in [0, 0.05) is 44.0 Å². The average Bonchev–Trinajstić information content (AvgIpc) is 3.03. The van der Waals surface area contributed by atoms with Gasteiger partial charge in [-0.3, -0.25) is 9.78 Å². The summed E-state index contributed by atoms with van der Waals surface area (Å²) >= 11 is 1.61. The van der Waals surface area contributed by atoms with Gasteiger partial charge in [0.25, 0.3) is 0 Å². The van der Waals surface area contributed by atoms with Crippen molar-refractivity contribution in [3.63, 3.8) is 0 Å². The highest BCUT2D eigenvalue weighted by molar-refractivity contribution is 7.17. The molecule has 0 spiro atoms. The van der Waals surface area contributed by atoms with Crippen LogP contribution in [-0.2, 0) is 13.5 Å². The zero-order valence-corrected chi connectivity index (χ0v) is 11.4. The molecule has 3 aromatic heterocycles. The number of Topliss-reactive ketones (excluding diaryl/α,β-unsaturated/α-hetero) is 1. The molecular formula is C14H13N3OS. The molecule has 0 aromatic carbocycles. The van der Waals surface area contributed by atoms with Gasteiger partial charge < -0.3 is 4.57 Å². The number of aromatic nitrogens is 3. The molecule has 5 heteroatoms. The van der Waals surface area contributed by atoms with E-state index in [0.29, 0.717) is 18.4 Å². The van der Waals surface area contributed by atoms with E-state index in [4.69, 9.17) is 0 Å². The van der Waals surface area contributed by atoms with Crippen molar-refractivity contribution < 1.29 is 4.79 Å². The van der Waals surface area contributed by atoms with Crippen molar-refractivity contribution in [1.29, 1.82) is 0 Å². The Morgan fingerprint density at radius 1 is 1.42 bits per heavy atom. The predicted molar refractivity (Wildman–Crippen MR) is 75.5 cm³/mol. The van der Waals surface area contributed by atoms with Crippen molar-refractivity contribution in [3.8, 4) is 0 Å². The molecule has 3 rings (SSSR count). The Morgan fingerprint density at radius 3 is 3.11 bits per heavy atom. The summed E-state index contributed by atoms with van der Waals surface area (Å²) in [4.78, 5) is 20.7. The minimum Gasteiger partial charge on any atom is -0.338 e. The molecule has 0 atom stereocenters. The van der Waals surface area contributed by atoms with E-state index >= 15 is 0 Å². The Hall–Kier alpha value is -2.01. The molecule has 3 heterocycles. The van der Waals surface area contributed by atoms with E-state index in [1.807, 2.05) is 35.3 Å². The molecule has 0 amide bonds. The number of carbonyl (C=O) groups excluding carboxylic acids is 1. The lowest BCUT2D eigenvalue weighted by molar-refractivity contribution is 0.0982. The molecule has 0 unspecified atom stereocenters. The Balaban J connectivity index is 1.74. The summed E-state index contributed by atoms with van der Waals surface area (Å²) in [6.07, 6.45) is 6.42. The third-order valence-electron chi connectivity index (χ3n) is 3.12. The maximum absolute atomic E-state index is 12.1. The molecule has 3 aromatic rings. The number of carbonyl (C=O) groups is 1. The first-order valence-electron chi connectivity index (χ1n) is 6.07. The van der Waals surface area contributed by atoms with E-state index in [0.717, 1.165) is 16.0 Å². The molecule has 0 saturated carbocycles. The number of thiophene rings is 1. The van der Waals surface area contributed by atoms with Crippen LogP contribution in [0.25, 0.3) is 10.2 Å². The van der Waals surface area contributed by atoms with Gasteiger partial charge in [-0.15, -0.1) is 11.3 Å². The van der Waals surface area contributed by atoms with E-state index in [2.05, 4.69) is 9.97 Å². The van der Waals surface area contributed by atoms with E-state index in [9.17, 15) is 4.79 Å². The van der Waals surface area contributed by atoms with E-state index in [1.54, 1.807) is 23.7 Å². The highest BCUT2D eigenvalue weighted by Crippen LogP contribution is 2.20. The van der Waals surface area contributed by atoms with Crippen LogP contribution in [0.4, 0.5) is 0 Å². The summed E-state index contributed by atoms with van der Waals surface area (Å²) in [5.41, 5.74) is 1.63. The first-order valence-corrected chi connectivity index (χ1v) is 6.94. The number of rotatable bonds is 4. The first-order chi connectivity index (χ1) is 9.24. The van der Waals surface area contributed by atoms with Crippen LogP contribution in [0.5, 0.6) is 0 Å². The number of imidazole rings is 1. The second-order valence-electron chi connectivity index (χ2n) is 4.41. The van der Waals surface area contributed by atoms with E-state index in [-0.39, 0.29) is 5.78 Å². The Kier molecular flexibility index (Phi) is 3.13. The summed E-state index contributed by atoms with van der Waals surface area (Å²) in [6.45, 7) is 0. The van der Waals surface area contributed by atoms with E-state index < -0.39 is 0 Å². The smallest absolute Gasteiger partial charge is 0.164 e. The van der Waals surface area contributed by atoms with Crippen LogP contribution in [0.2, 0.25) is 0 Å². The quantitative estimate of drug-likeness (QED) is 0.685. The number of pyridine rings is 1. The number of hydrogen-bond donors (Lipinski definition) is 0. The largest absolute Gasteiger partial charge is 0.338 e. The van der Waals surface area contributed by atoms with E-state index in [1.165, 1.54) is 0 Å². The van der Waals surface area contributed by atoms with Crippen molar-refractivity contribution in [3.05, 3.63) is 47.5 Å². The maximum Gasteiger partial charge on any atom is 0.164 e. The second-order valence-corrected chi connectivity index (χ2v) is 5.35. The average molecular weight is 271 g/mol. The van der Waals surface area contributed by atoms with Crippen LogP contribution < -0.4 is 0 Å². The molecule has 0 aliphatic heterocycles. The number of nitrogens with zero attached hydrogens (tertiary/aromatic N) is 3. The zero-order valence-electron chi connectivity index (χ0n) is 10.5. The summed E-state index contributed by atoms with van der Waals surface area (Å²) < 4.78 is 3.00. The minimum absolute atomic E-state index is 0.116. The van der Waals surface area contributed by atoms with Crippen molar-refractivity contribution >= 4 is 27.3 Å². The predicted octanol–water partition coefficient (Wildman–Crippen LogP) is 2.85. The van der Waals surface area contributed by atoms with Crippen molar-refractivity contribution in [1.82, 2.24) is 14.5 Å². The third-order valence-corrected chi connectivity index (χ3v) is 3.97. The molecule has 0 aliphatic rings. The van der Waals surface area contributed by atoms with Crippen LogP contribution >= 0.6 is 11.3 Å². The van der Waals surface area contributed by atoms with Crippen molar-refractivity contribution in [2.24, 2.45) is 7.05 Å². The van der Waals surface area contributed by atoms with Gasteiger partial charge >= 0.3 is 0 Å². The third kappa shape index (κ3) is 2.42. The molecule has 96 valence electrons. The van der Waals surface area contributed by atoms with Crippen molar-refractivity contribution in [2.45, 2.75) is 12.8 Å². The van der Waals surface area contributed by atoms with Gasteiger partial charge in [-0.2, -0.15) is 0 Å². The van der Waals surface area contributed by atoms with Gasteiger partial charge in [0.2, 0.25) is 0 Å².